The average molecular weight is 378 g/mol. The van der Waals surface area contributed by atoms with Crippen molar-refractivity contribution in [3.63, 3.8) is 0 Å². The van der Waals surface area contributed by atoms with Crippen LogP contribution in [0.4, 0.5) is 11.4 Å². The van der Waals surface area contributed by atoms with E-state index in [0.29, 0.717) is 11.4 Å². The predicted molar refractivity (Wildman–Crippen MR) is 98.2 cm³/mol. The lowest BCUT2D eigenvalue weighted by Crippen LogP contribution is -2.05. The van der Waals surface area contributed by atoms with Crippen molar-refractivity contribution in [1.82, 2.24) is 4.98 Å². The number of fused-ring (bicyclic) bond motifs is 1. The summed E-state index contributed by atoms with van der Waals surface area (Å²) < 4.78 is 5.13. The Balaban J connectivity index is 2.14. The number of pyridine rings is 1. The number of hydrogen-bond donors (Lipinski definition) is 2. The molecule has 0 aliphatic heterocycles. The van der Waals surface area contributed by atoms with Gasteiger partial charge in [0.15, 0.2) is 11.4 Å². The fraction of sp³-hybridized carbons (Fsp3) is 0.118. The van der Waals surface area contributed by atoms with Crippen LogP contribution < -0.4 is 10.3 Å². The highest BCUT2D eigenvalue weighted by Crippen LogP contribution is 2.38. The number of aromatic amines is 1. The van der Waals surface area contributed by atoms with E-state index in [1.807, 2.05) is 6.92 Å². The van der Waals surface area contributed by atoms with Crippen LogP contribution in [0.15, 0.2) is 45.4 Å². The van der Waals surface area contributed by atoms with Gasteiger partial charge in [0, 0.05) is 0 Å². The summed E-state index contributed by atoms with van der Waals surface area (Å²) in [6, 6.07) is 8.27. The van der Waals surface area contributed by atoms with E-state index in [9.17, 15) is 9.90 Å². The monoisotopic (exact) mass is 377 g/mol. The zero-order valence-electron chi connectivity index (χ0n) is 13.3. The Morgan fingerprint density at radius 2 is 1.84 bits per heavy atom. The third kappa shape index (κ3) is 3.18. The molecule has 3 aromatic rings. The molecule has 0 atom stereocenters. The Bertz CT molecular complexity index is 1060. The molecule has 25 heavy (non-hydrogen) atoms. The third-order valence-electron chi connectivity index (χ3n) is 3.68. The van der Waals surface area contributed by atoms with Gasteiger partial charge in [0.05, 0.1) is 33.7 Å². The van der Waals surface area contributed by atoms with Crippen molar-refractivity contribution >= 4 is 45.5 Å². The molecule has 0 fully saturated rings. The van der Waals surface area contributed by atoms with Crippen LogP contribution >= 0.6 is 23.2 Å². The second kappa shape index (κ2) is 6.74. The Kier molecular flexibility index (Phi) is 4.65. The van der Waals surface area contributed by atoms with Gasteiger partial charge in [0.1, 0.15) is 5.75 Å². The van der Waals surface area contributed by atoms with E-state index in [0.717, 1.165) is 5.56 Å². The molecule has 0 spiro atoms. The van der Waals surface area contributed by atoms with Crippen molar-refractivity contribution in [2.75, 3.05) is 7.11 Å². The molecule has 1 heterocycles. The van der Waals surface area contributed by atoms with Crippen molar-refractivity contribution < 1.29 is 9.84 Å². The van der Waals surface area contributed by atoms with Crippen molar-refractivity contribution in [1.29, 1.82) is 0 Å². The summed E-state index contributed by atoms with van der Waals surface area (Å²) in [6.07, 6.45) is 0. The number of rotatable bonds is 3. The fourth-order valence-corrected chi connectivity index (χ4v) is 2.82. The smallest absolute Gasteiger partial charge is 0.280 e. The van der Waals surface area contributed by atoms with E-state index in [2.05, 4.69) is 15.2 Å². The van der Waals surface area contributed by atoms with E-state index >= 15 is 0 Å². The minimum Gasteiger partial charge on any atom is -0.505 e. The predicted octanol–water partition coefficient (Wildman–Crippen LogP) is 5.27. The van der Waals surface area contributed by atoms with Gasteiger partial charge in [0.2, 0.25) is 0 Å². The summed E-state index contributed by atoms with van der Waals surface area (Å²) in [7, 11) is 1.57. The van der Waals surface area contributed by atoms with Crippen molar-refractivity contribution in [3.8, 4) is 11.5 Å². The van der Waals surface area contributed by atoms with E-state index in [1.54, 1.807) is 25.3 Å². The number of aromatic hydroxyl groups is 1. The molecule has 0 saturated carbocycles. The number of aryl methyl sites for hydroxylation is 1. The number of hydrogen-bond acceptors (Lipinski definition) is 5. The Morgan fingerprint density at radius 3 is 2.52 bits per heavy atom. The van der Waals surface area contributed by atoms with Gasteiger partial charge in [-0.15, -0.1) is 10.2 Å². The Labute approximate surface area is 152 Å². The van der Waals surface area contributed by atoms with Gasteiger partial charge >= 0.3 is 0 Å². The van der Waals surface area contributed by atoms with Crippen molar-refractivity contribution in [2.45, 2.75) is 6.92 Å². The number of halogens is 2. The van der Waals surface area contributed by atoms with Crippen LogP contribution in [-0.4, -0.2) is 17.2 Å². The molecule has 0 radical (unpaired) electrons. The number of ether oxygens (including phenoxy) is 1. The molecule has 0 aliphatic rings. The van der Waals surface area contributed by atoms with Gasteiger partial charge in [-0.05, 0) is 42.8 Å². The Morgan fingerprint density at radius 1 is 1.12 bits per heavy atom. The molecule has 0 aliphatic carbocycles. The van der Waals surface area contributed by atoms with Gasteiger partial charge in [-0.1, -0.05) is 23.2 Å². The first kappa shape index (κ1) is 17.3. The van der Waals surface area contributed by atoms with Crippen LogP contribution in [0.1, 0.15) is 5.56 Å². The van der Waals surface area contributed by atoms with E-state index < -0.39 is 5.56 Å². The third-order valence-corrected chi connectivity index (χ3v) is 4.31. The summed E-state index contributed by atoms with van der Waals surface area (Å²) in [4.78, 5) is 14.8. The van der Waals surface area contributed by atoms with Crippen molar-refractivity contribution in [2.24, 2.45) is 10.2 Å². The number of H-pyrrole nitrogens is 1. The quantitative estimate of drug-likeness (QED) is 0.609. The highest BCUT2D eigenvalue weighted by atomic mass is 35.5. The summed E-state index contributed by atoms with van der Waals surface area (Å²) in [5, 5.41) is 19.1. The number of benzene rings is 2. The molecular weight excluding hydrogens is 365 g/mol. The number of aromatic nitrogens is 1. The number of nitrogens with one attached hydrogen (secondary N) is 1. The fourth-order valence-electron chi connectivity index (χ4n) is 2.37. The van der Waals surface area contributed by atoms with Gasteiger partial charge in [-0.3, -0.25) is 4.79 Å². The molecule has 2 aromatic carbocycles. The van der Waals surface area contributed by atoms with Crippen LogP contribution in [0.25, 0.3) is 10.9 Å². The van der Waals surface area contributed by atoms with Gasteiger partial charge in [0.25, 0.3) is 5.56 Å². The molecule has 3 rings (SSSR count). The first-order chi connectivity index (χ1) is 11.9. The molecule has 6 nitrogen and oxygen atoms in total. The molecule has 2 N–H and O–H groups in total. The topological polar surface area (TPSA) is 87.0 Å². The first-order valence-electron chi connectivity index (χ1n) is 7.21. The number of nitrogens with zero attached hydrogens (tertiary/aromatic N) is 2. The molecule has 0 unspecified atom stereocenters. The maximum atomic E-state index is 12.2. The van der Waals surface area contributed by atoms with Crippen LogP contribution in [0.3, 0.4) is 0 Å². The zero-order valence-corrected chi connectivity index (χ0v) is 14.8. The number of azo groups is 1. The molecule has 1 aromatic heterocycles. The first-order valence-corrected chi connectivity index (χ1v) is 7.97. The van der Waals surface area contributed by atoms with Crippen LogP contribution in [0.2, 0.25) is 10.0 Å². The average Bonchev–Trinajstić information content (AvgIpc) is 2.58. The van der Waals surface area contributed by atoms with Gasteiger partial charge in [-0.25, -0.2) is 0 Å². The molecule has 0 saturated heterocycles. The van der Waals surface area contributed by atoms with Crippen molar-refractivity contribution in [3.05, 3.63) is 56.3 Å². The largest absolute Gasteiger partial charge is 0.505 e. The van der Waals surface area contributed by atoms with Crippen LogP contribution in [-0.2, 0) is 0 Å². The molecule has 0 bridgehead atoms. The lowest BCUT2D eigenvalue weighted by molar-refractivity contribution is 0.414. The van der Waals surface area contributed by atoms with E-state index in [-0.39, 0.29) is 32.4 Å². The summed E-state index contributed by atoms with van der Waals surface area (Å²) in [5.74, 6) is 0.311. The van der Waals surface area contributed by atoms with Crippen LogP contribution in [0, 0.1) is 6.92 Å². The highest BCUT2D eigenvalue weighted by molar-refractivity contribution is 6.40. The second-order valence-electron chi connectivity index (χ2n) is 5.28. The second-order valence-corrected chi connectivity index (χ2v) is 6.10. The number of methoxy groups -OCH3 is 1. The van der Waals surface area contributed by atoms with E-state index in [4.69, 9.17) is 27.9 Å². The summed E-state index contributed by atoms with van der Waals surface area (Å²) >= 11 is 12.1. The van der Waals surface area contributed by atoms with Crippen LogP contribution in [0.5, 0.6) is 11.5 Å². The summed E-state index contributed by atoms with van der Waals surface area (Å²) in [5.41, 5.74) is 0.727. The molecule has 0 amide bonds. The lowest BCUT2D eigenvalue weighted by atomic mass is 10.2. The minimum absolute atomic E-state index is 0.217. The summed E-state index contributed by atoms with van der Waals surface area (Å²) in [6.45, 7) is 1.83. The lowest BCUT2D eigenvalue weighted by Gasteiger charge is -2.07. The molecule has 8 heteroatoms. The van der Waals surface area contributed by atoms with Gasteiger partial charge < -0.3 is 14.8 Å². The van der Waals surface area contributed by atoms with E-state index in [1.165, 1.54) is 12.1 Å². The maximum absolute atomic E-state index is 12.2. The molecule has 128 valence electrons. The normalized spacial score (nSPS) is 11.4. The standard InChI is InChI=1S/C17H13Cl2N3O3/c1-8-7-9(25-2)3-6-12(8)21-22-15-16(23)13-10(18)4-5-11(19)14(13)20-17(15)24/h3-7H,1-2H3,(H2,20,23,24). The Hall–Kier alpha value is -2.57. The highest BCUT2D eigenvalue weighted by Gasteiger charge is 2.16. The minimum atomic E-state index is -0.621. The SMILES string of the molecule is COc1ccc(N=Nc2c(O)c3c(Cl)ccc(Cl)c3[nH]c2=O)c(C)c1. The van der Waals surface area contributed by atoms with Gasteiger partial charge in [-0.2, -0.15) is 0 Å². The maximum Gasteiger partial charge on any atom is 0.280 e. The molecular formula is C17H13Cl2N3O3. The zero-order chi connectivity index (χ0) is 18.1.